The first-order chi connectivity index (χ1) is 11.1. The Balaban J connectivity index is 1.93. The fraction of sp³-hybridized carbons (Fsp3) is 0.0588. The molecule has 3 rings (SSSR count). The number of carbonyl (C=O) groups excluding carboxylic acids is 1. The van der Waals surface area contributed by atoms with Gasteiger partial charge in [-0.2, -0.15) is 0 Å². The highest BCUT2D eigenvalue weighted by molar-refractivity contribution is 7.20. The largest absolute Gasteiger partial charge is 0.339 e. The average Bonchev–Trinajstić information content (AvgIpc) is 2.92. The maximum absolute atomic E-state index is 12.6. The molecule has 3 aromatic rings. The van der Waals surface area contributed by atoms with Gasteiger partial charge in [0.2, 0.25) is 0 Å². The molecule has 0 aliphatic heterocycles. The molecule has 2 heterocycles. The summed E-state index contributed by atoms with van der Waals surface area (Å²) in [6, 6.07) is 16.5. The number of pyridine rings is 1. The van der Waals surface area contributed by atoms with Crippen molar-refractivity contribution >= 4 is 40.4 Å². The van der Waals surface area contributed by atoms with Crippen molar-refractivity contribution in [1.29, 1.82) is 0 Å². The quantitative estimate of drug-likeness (QED) is 0.711. The minimum Gasteiger partial charge on any atom is -0.339 e. The molecule has 0 radical (unpaired) electrons. The van der Waals surface area contributed by atoms with Gasteiger partial charge in [-0.1, -0.05) is 59.6 Å². The lowest BCUT2D eigenvalue weighted by Crippen LogP contribution is -2.29. The number of thiophene rings is 1. The summed E-state index contributed by atoms with van der Waals surface area (Å²) in [5.41, 5.74) is 2.07. The maximum atomic E-state index is 12.6. The molecule has 1 N–H and O–H groups in total. The number of aromatic nitrogens is 1. The van der Waals surface area contributed by atoms with Crippen LogP contribution < -0.4 is 5.32 Å². The van der Waals surface area contributed by atoms with Gasteiger partial charge in [-0.3, -0.25) is 9.78 Å². The molecule has 2 aromatic heterocycles. The minimum atomic E-state index is -0.361. The summed E-state index contributed by atoms with van der Waals surface area (Å²) in [5.74, 6) is -0.280. The van der Waals surface area contributed by atoms with Crippen LogP contribution in [0.4, 0.5) is 0 Å². The molecular formula is C17H12Cl2N2OS. The summed E-state index contributed by atoms with van der Waals surface area (Å²) in [5, 5.41) is 2.98. The van der Waals surface area contributed by atoms with E-state index in [1.165, 1.54) is 11.3 Å². The topological polar surface area (TPSA) is 42.0 Å². The third-order valence-electron chi connectivity index (χ3n) is 3.29. The highest BCUT2D eigenvalue weighted by atomic mass is 35.5. The molecule has 1 atom stereocenters. The Bertz CT molecular complexity index is 766. The molecule has 1 unspecified atom stereocenters. The number of nitrogens with one attached hydrogen (secondary N) is 1. The van der Waals surface area contributed by atoms with Crippen LogP contribution in [0.25, 0.3) is 0 Å². The van der Waals surface area contributed by atoms with Gasteiger partial charge in [0.1, 0.15) is 4.34 Å². The highest BCUT2D eigenvalue weighted by Crippen LogP contribution is 2.31. The second-order valence-corrected chi connectivity index (χ2v) is 7.10. The van der Waals surface area contributed by atoms with E-state index in [0.717, 1.165) is 11.3 Å². The summed E-state index contributed by atoms with van der Waals surface area (Å²) in [6.07, 6.45) is 1.70. The summed E-state index contributed by atoms with van der Waals surface area (Å²) in [6.45, 7) is 0. The number of benzene rings is 1. The van der Waals surface area contributed by atoms with Crippen LogP contribution in [0.1, 0.15) is 27.7 Å². The van der Waals surface area contributed by atoms with Crippen molar-refractivity contribution in [2.24, 2.45) is 0 Å². The van der Waals surface area contributed by atoms with Crippen LogP contribution >= 0.6 is 34.5 Å². The third kappa shape index (κ3) is 3.72. The van der Waals surface area contributed by atoms with Crippen molar-refractivity contribution in [1.82, 2.24) is 10.3 Å². The van der Waals surface area contributed by atoms with Gasteiger partial charge in [0.05, 0.1) is 21.6 Å². The first-order valence-corrected chi connectivity index (χ1v) is 8.44. The zero-order chi connectivity index (χ0) is 16.2. The summed E-state index contributed by atoms with van der Waals surface area (Å²) in [4.78, 5) is 16.9. The van der Waals surface area contributed by atoms with Crippen molar-refractivity contribution in [3.05, 3.63) is 86.3 Å². The molecular weight excluding hydrogens is 351 g/mol. The Kier molecular flexibility index (Phi) is 4.96. The van der Waals surface area contributed by atoms with Gasteiger partial charge < -0.3 is 5.32 Å². The number of rotatable bonds is 4. The van der Waals surface area contributed by atoms with E-state index < -0.39 is 0 Å². The minimum absolute atomic E-state index is 0.280. The molecule has 23 heavy (non-hydrogen) atoms. The zero-order valence-corrected chi connectivity index (χ0v) is 14.2. The predicted molar refractivity (Wildman–Crippen MR) is 94.3 cm³/mol. The van der Waals surface area contributed by atoms with Crippen molar-refractivity contribution < 1.29 is 4.79 Å². The average molecular weight is 363 g/mol. The monoisotopic (exact) mass is 362 g/mol. The molecule has 1 amide bonds. The Morgan fingerprint density at radius 2 is 1.83 bits per heavy atom. The molecule has 0 fully saturated rings. The van der Waals surface area contributed by atoms with E-state index in [9.17, 15) is 4.79 Å². The zero-order valence-electron chi connectivity index (χ0n) is 11.9. The first kappa shape index (κ1) is 16.0. The van der Waals surface area contributed by atoms with Crippen LogP contribution in [0.3, 0.4) is 0 Å². The normalized spacial score (nSPS) is 11.9. The molecule has 0 saturated heterocycles. The number of nitrogens with zero attached hydrogens (tertiary/aromatic N) is 1. The summed E-state index contributed by atoms with van der Waals surface area (Å²) < 4.78 is 0.856. The van der Waals surface area contributed by atoms with E-state index in [4.69, 9.17) is 23.2 Å². The number of halogens is 2. The van der Waals surface area contributed by atoms with Crippen LogP contribution in [-0.4, -0.2) is 10.9 Å². The lowest BCUT2D eigenvalue weighted by molar-refractivity contribution is 0.0943. The SMILES string of the molecule is O=C(NC(c1ccccc1)c1ccccn1)c1cc(Cl)sc1Cl. The van der Waals surface area contributed by atoms with Crippen LogP contribution in [0.15, 0.2) is 60.8 Å². The Labute approximate surface area is 147 Å². The van der Waals surface area contributed by atoms with Gasteiger partial charge >= 0.3 is 0 Å². The molecule has 0 saturated carbocycles. The van der Waals surface area contributed by atoms with Gasteiger partial charge in [0, 0.05) is 6.20 Å². The Morgan fingerprint density at radius 1 is 1.09 bits per heavy atom. The van der Waals surface area contributed by atoms with Crippen LogP contribution in [-0.2, 0) is 0 Å². The fourth-order valence-electron chi connectivity index (χ4n) is 2.22. The molecule has 1 aromatic carbocycles. The summed E-state index contributed by atoms with van der Waals surface area (Å²) >= 11 is 13.2. The van der Waals surface area contributed by atoms with Crippen molar-refractivity contribution in [2.75, 3.05) is 0 Å². The van der Waals surface area contributed by atoms with Crippen molar-refractivity contribution in [3.8, 4) is 0 Å². The van der Waals surface area contributed by atoms with Gasteiger partial charge in [0.15, 0.2) is 0 Å². The van der Waals surface area contributed by atoms with E-state index in [0.29, 0.717) is 14.2 Å². The number of hydrogen-bond donors (Lipinski definition) is 1. The predicted octanol–water partition coefficient (Wildman–Crippen LogP) is 4.97. The molecule has 6 heteroatoms. The molecule has 116 valence electrons. The van der Waals surface area contributed by atoms with Gasteiger partial charge in [-0.05, 0) is 23.8 Å². The van der Waals surface area contributed by atoms with Crippen LogP contribution in [0.2, 0.25) is 8.67 Å². The second-order valence-electron chi connectivity index (χ2n) is 4.81. The van der Waals surface area contributed by atoms with E-state index in [2.05, 4.69) is 10.3 Å². The van der Waals surface area contributed by atoms with Crippen LogP contribution in [0.5, 0.6) is 0 Å². The lowest BCUT2D eigenvalue weighted by Gasteiger charge is -2.18. The lowest BCUT2D eigenvalue weighted by atomic mass is 10.0. The van der Waals surface area contributed by atoms with Gasteiger partial charge in [-0.15, -0.1) is 11.3 Å². The van der Waals surface area contributed by atoms with Gasteiger partial charge in [-0.25, -0.2) is 0 Å². The van der Waals surface area contributed by atoms with Crippen molar-refractivity contribution in [2.45, 2.75) is 6.04 Å². The smallest absolute Gasteiger partial charge is 0.254 e. The van der Waals surface area contributed by atoms with Crippen LogP contribution in [0, 0.1) is 0 Å². The van der Waals surface area contributed by atoms with E-state index >= 15 is 0 Å². The first-order valence-electron chi connectivity index (χ1n) is 6.86. The standard InChI is InChI=1S/C17H12Cl2N2OS/c18-14-10-12(16(19)23-14)17(22)21-15(11-6-2-1-3-7-11)13-8-4-5-9-20-13/h1-10,15H,(H,21,22). The van der Waals surface area contributed by atoms with Gasteiger partial charge in [0.25, 0.3) is 5.91 Å². The van der Waals surface area contributed by atoms with E-state index in [-0.39, 0.29) is 11.9 Å². The number of carbonyl (C=O) groups is 1. The summed E-state index contributed by atoms with van der Waals surface area (Å²) in [7, 11) is 0. The number of amides is 1. The fourth-order valence-corrected chi connectivity index (χ4v) is 3.68. The molecule has 0 bridgehead atoms. The molecule has 3 nitrogen and oxygen atoms in total. The highest BCUT2D eigenvalue weighted by Gasteiger charge is 2.21. The molecule has 0 spiro atoms. The Morgan fingerprint density at radius 3 is 2.43 bits per heavy atom. The van der Waals surface area contributed by atoms with Crippen molar-refractivity contribution in [3.63, 3.8) is 0 Å². The number of hydrogen-bond acceptors (Lipinski definition) is 3. The van der Waals surface area contributed by atoms with E-state index in [1.807, 2.05) is 48.5 Å². The molecule has 0 aliphatic rings. The Hall–Kier alpha value is -1.88. The van der Waals surface area contributed by atoms with E-state index in [1.54, 1.807) is 12.3 Å². The third-order valence-corrected chi connectivity index (χ3v) is 4.78. The second kappa shape index (κ2) is 7.13. The maximum Gasteiger partial charge on any atom is 0.254 e. The molecule has 0 aliphatic carbocycles.